The predicted molar refractivity (Wildman–Crippen MR) is 109 cm³/mol. The summed E-state index contributed by atoms with van der Waals surface area (Å²) in [6.07, 6.45) is 6.65. The fourth-order valence-electron chi connectivity index (χ4n) is 3.43. The number of carbonyl (C=O) groups excluding carboxylic acids is 2. The van der Waals surface area contributed by atoms with Crippen LogP contribution in [0, 0.1) is 0 Å². The van der Waals surface area contributed by atoms with Crippen molar-refractivity contribution in [1.82, 2.24) is 14.9 Å². The third-order valence-corrected chi connectivity index (χ3v) is 4.93. The number of anilines is 1. The average Bonchev–Trinajstić information content (AvgIpc) is 3.14. The Hall–Kier alpha value is -3.61. The average molecular weight is 375 g/mol. The van der Waals surface area contributed by atoms with Gasteiger partial charge in [-0.1, -0.05) is 18.2 Å². The molecule has 0 bridgehead atoms. The third-order valence-electron chi connectivity index (χ3n) is 4.93. The van der Waals surface area contributed by atoms with E-state index in [4.69, 9.17) is 5.73 Å². The maximum absolute atomic E-state index is 12.6. The molecule has 1 aliphatic heterocycles. The number of hydrogen-bond donors (Lipinski definition) is 2. The number of aromatic nitrogens is 2. The van der Waals surface area contributed by atoms with E-state index in [1.807, 2.05) is 47.5 Å². The number of aromatic amines is 1. The summed E-state index contributed by atoms with van der Waals surface area (Å²) < 4.78 is 0. The van der Waals surface area contributed by atoms with Crippen LogP contribution in [-0.2, 0) is 4.79 Å². The Balaban J connectivity index is 1.48. The molecule has 142 valence electrons. The van der Waals surface area contributed by atoms with E-state index in [1.54, 1.807) is 12.3 Å². The zero-order valence-corrected chi connectivity index (χ0v) is 15.3. The van der Waals surface area contributed by atoms with Gasteiger partial charge in [0.1, 0.15) is 5.65 Å². The molecule has 1 aliphatic rings. The molecule has 28 heavy (non-hydrogen) atoms. The SMILES string of the molecule is NC(=O)/C=C/c1c[nH]c2ncc(N3CCN(C(=O)c4ccccc4)CC3)cc12. The van der Waals surface area contributed by atoms with E-state index in [2.05, 4.69) is 14.9 Å². The van der Waals surface area contributed by atoms with Gasteiger partial charge in [-0.2, -0.15) is 0 Å². The number of primary amides is 1. The Kier molecular flexibility index (Phi) is 4.80. The maximum Gasteiger partial charge on any atom is 0.253 e. The zero-order chi connectivity index (χ0) is 19.5. The van der Waals surface area contributed by atoms with Crippen LogP contribution in [0.5, 0.6) is 0 Å². The summed E-state index contributed by atoms with van der Waals surface area (Å²) in [6.45, 7) is 2.80. The number of H-pyrrole nitrogens is 1. The number of nitrogens with zero attached hydrogens (tertiary/aromatic N) is 3. The molecular weight excluding hydrogens is 354 g/mol. The molecule has 0 saturated carbocycles. The van der Waals surface area contributed by atoms with E-state index in [0.717, 1.165) is 40.9 Å². The molecular formula is C21H21N5O2. The summed E-state index contributed by atoms with van der Waals surface area (Å²) in [5.74, 6) is -0.420. The Labute approximate surface area is 162 Å². The van der Waals surface area contributed by atoms with E-state index in [-0.39, 0.29) is 5.91 Å². The van der Waals surface area contributed by atoms with Crippen LogP contribution >= 0.6 is 0 Å². The number of piperazine rings is 1. The van der Waals surface area contributed by atoms with Crippen LogP contribution < -0.4 is 10.6 Å². The van der Waals surface area contributed by atoms with Crippen LogP contribution in [0.2, 0.25) is 0 Å². The summed E-state index contributed by atoms with van der Waals surface area (Å²) in [6, 6.07) is 11.4. The van der Waals surface area contributed by atoms with Crippen molar-refractivity contribution < 1.29 is 9.59 Å². The zero-order valence-electron chi connectivity index (χ0n) is 15.3. The van der Waals surface area contributed by atoms with Crippen LogP contribution in [0.3, 0.4) is 0 Å². The summed E-state index contributed by atoms with van der Waals surface area (Å²) in [4.78, 5) is 35.3. The van der Waals surface area contributed by atoms with Gasteiger partial charge >= 0.3 is 0 Å². The summed E-state index contributed by atoms with van der Waals surface area (Å²) in [5.41, 5.74) is 8.52. The predicted octanol–water partition coefficient (Wildman–Crippen LogP) is 2.02. The first-order valence-corrected chi connectivity index (χ1v) is 9.16. The van der Waals surface area contributed by atoms with E-state index in [9.17, 15) is 9.59 Å². The lowest BCUT2D eigenvalue weighted by Gasteiger charge is -2.36. The molecule has 3 heterocycles. The van der Waals surface area contributed by atoms with Crippen molar-refractivity contribution in [3.63, 3.8) is 0 Å². The first-order valence-electron chi connectivity index (χ1n) is 9.16. The Bertz CT molecular complexity index is 1030. The lowest BCUT2D eigenvalue weighted by atomic mass is 10.1. The fourth-order valence-corrected chi connectivity index (χ4v) is 3.43. The molecule has 7 heteroatoms. The Morgan fingerprint density at radius 2 is 1.86 bits per heavy atom. The summed E-state index contributed by atoms with van der Waals surface area (Å²) in [5, 5.41) is 0.929. The van der Waals surface area contributed by atoms with Gasteiger partial charge in [0, 0.05) is 55.0 Å². The molecule has 7 nitrogen and oxygen atoms in total. The fraction of sp³-hybridized carbons (Fsp3) is 0.190. The number of benzene rings is 1. The standard InChI is InChI=1S/C21H21N5O2/c22-19(27)7-6-16-13-23-20-18(16)12-17(14-24-20)25-8-10-26(11-9-25)21(28)15-4-2-1-3-5-15/h1-7,12-14H,8-11H2,(H2,22,27)(H,23,24)/b7-6+. The van der Waals surface area contributed by atoms with Crippen LogP contribution in [0.1, 0.15) is 15.9 Å². The molecule has 1 fully saturated rings. The molecule has 2 amide bonds. The summed E-state index contributed by atoms with van der Waals surface area (Å²) in [7, 11) is 0. The minimum atomic E-state index is -0.488. The smallest absolute Gasteiger partial charge is 0.253 e. The number of carbonyl (C=O) groups is 2. The molecule has 1 aromatic carbocycles. The highest BCUT2D eigenvalue weighted by atomic mass is 16.2. The van der Waals surface area contributed by atoms with E-state index < -0.39 is 5.91 Å². The number of nitrogens with one attached hydrogen (secondary N) is 1. The van der Waals surface area contributed by atoms with E-state index in [1.165, 1.54) is 6.08 Å². The minimum Gasteiger partial charge on any atom is -0.367 e. The van der Waals surface area contributed by atoms with Crippen LogP contribution in [0.25, 0.3) is 17.1 Å². The number of nitrogens with two attached hydrogens (primary N) is 1. The van der Waals surface area contributed by atoms with Crippen LogP contribution in [-0.4, -0.2) is 52.9 Å². The van der Waals surface area contributed by atoms with Gasteiger partial charge in [-0.3, -0.25) is 9.59 Å². The molecule has 1 saturated heterocycles. The molecule has 3 N–H and O–H groups in total. The maximum atomic E-state index is 12.6. The van der Waals surface area contributed by atoms with Gasteiger partial charge in [-0.15, -0.1) is 0 Å². The quantitative estimate of drug-likeness (QED) is 0.682. The van der Waals surface area contributed by atoms with E-state index >= 15 is 0 Å². The second kappa shape index (κ2) is 7.56. The highest BCUT2D eigenvalue weighted by Gasteiger charge is 2.22. The first kappa shape index (κ1) is 17.8. The lowest BCUT2D eigenvalue weighted by Crippen LogP contribution is -2.48. The second-order valence-electron chi connectivity index (χ2n) is 6.71. The van der Waals surface area contributed by atoms with Gasteiger partial charge in [-0.25, -0.2) is 4.98 Å². The van der Waals surface area contributed by atoms with Gasteiger partial charge in [0.15, 0.2) is 0 Å². The third kappa shape index (κ3) is 3.59. The van der Waals surface area contributed by atoms with Crippen LogP contribution in [0.15, 0.2) is 54.9 Å². The molecule has 0 aliphatic carbocycles. The van der Waals surface area contributed by atoms with Crippen molar-refractivity contribution >= 4 is 34.6 Å². The lowest BCUT2D eigenvalue weighted by molar-refractivity contribution is -0.113. The molecule has 0 unspecified atom stereocenters. The summed E-state index contributed by atoms with van der Waals surface area (Å²) >= 11 is 0. The van der Waals surface area contributed by atoms with Crippen molar-refractivity contribution in [2.75, 3.05) is 31.1 Å². The highest BCUT2D eigenvalue weighted by molar-refractivity contribution is 5.95. The molecule has 0 radical (unpaired) electrons. The van der Waals surface area contributed by atoms with Gasteiger partial charge in [0.05, 0.1) is 11.9 Å². The van der Waals surface area contributed by atoms with Crippen molar-refractivity contribution in [3.8, 4) is 0 Å². The molecule has 4 rings (SSSR count). The number of hydrogen-bond acceptors (Lipinski definition) is 4. The van der Waals surface area contributed by atoms with Crippen molar-refractivity contribution in [3.05, 3.63) is 66.0 Å². The van der Waals surface area contributed by atoms with E-state index in [0.29, 0.717) is 13.1 Å². The second-order valence-corrected chi connectivity index (χ2v) is 6.71. The largest absolute Gasteiger partial charge is 0.367 e. The van der Waals surface area contributed by atoms with Gasteiger partial charge in [0.2, 0.25) is 5.91 Å². The highest BCUT2D eigenvalue weighted by Crippen LogP contribution is 2.24. The molecule has 2 aromatic heterocycles. The normalized spacial score (nSPS) is 14.7. The van der Waals surface area contributed by atoms with Gasteiger partial charge in [-0.05, 0) is 24.3 Å². The van der Waals surface area contributed by atoms with Gasteiger partial charge < -0.3 is 20.5 Å². The monoisotopic (exact) mass is 375 g/mol. The number of pyridine rings is 1. The topological polar surface area (TPSA) is 95.3 Å². The molecule has 0 spiro atoms. The van der Waals surface area contributed by atoms with Crippen LogP contribution in [0.4, 0.5) is 5.69 Å². The molecule has 0 atom stereocenters. The Morgan fingerprint density at radius 1 is 1.11 bits per heavy atom. The van der Waals surface area contributed by atoms with Gasteiger partial charge in [0.25, 0.3) is 5.91 Å². The van der Waals surface area contributed by atoms with Crippen molar-refractivity contribution in [2.24, 2.45) is 5.73 Å². The van der Waals surface area contributed by atoms with Crippen molar-refractivity contribution in [1.29, 1.82) is 0 Å². The minimum absolute atomic E-state index is 0.0679. The number of fused-ring (bicyclic) bond motifs is 1. The molecule has 3 aromatic rings. The first-order chi connectivity index (χ1) is 13.6. The number of amides is 2. The van der Waals surface area contributed by atoms with Crippen molar-refractivity contribution in [2.45, 2.75) is 0 Å². The Morgan fingerprint density at radius 3 is 2.57 bits per heavy atom. The number of rotatable bonds is 4.